The molecule has 18 heavy (non-hydrogen) atoms. The Kier molecular flexibility index (Phi) is 4.35. The molecule has 1 unspecified atom stereocenters. The molecule has 0 bridgehead atoms. The molecular weight excluding hydrogens is 222 g/mol. The fourth-order valence-electron chi connectivity index (χ4n) is 2.16. The van der Waals surface area contributed by atoms with Crippen molar-refractivity contribution in [1.29, 1.82) is 0 Å². The number of rotatable bonds is 4. The van der Waals surface area contributed by atoms with Crippen LogP contribution in [0.3, 0.4) is 0 Å². The van der Waals surface area contributed by atoms with Gasteiger partial charge in [-0.2, -0.15) is 0 Å². The van der Waals surface area contributed by atoms with Gasteiger partial charge in [-0.15, -0.1) is 0 Å². The highest BCUT2D eigenvalue weighted by atomic mass is 16.2. The number of hydrogen-bond acceptors (Lipinski definition) is 1. The second-order valence-electron chi connectivity index (χ2n) is 4.48. The fraction of sp³-hybridized carbons (Fsp3) is 0.312. The average Bonchev–Trinajstić information content (AvgIpc) is 2.46. The molecule has 1 atom stereocenters. The third-order valence-corrected chi connectivity index (χ3v) is 3.08. The summed E-state index contributed by atoms with van der Waals surface area (Å²) in [6.45, 7) is 2.87. The Morgan fingerprint density at radius 2 is 2.06 bits per heavy atom. The Hall–Kier alpha value is -1.83. The van der Waals surface area contributed by atoms with Gasteiger partial charge in [-0.25, -0.2) is 0 Å². The zero-order valence-corrected chi connectivity index (χ0v) is 10.8. The Bertz CT molecular complexity index is 447. The summed E-state index contributed by atoms with van der Waals surface area (Å²) in [6, 6.07) is 9.91. The van der Waals surface area contributed by atoms with Gasteiger partial charge >= 0.3 is 0 Å². The number of amides is 1. The van der Waals surface area contributed by atoms with E-state index in [1.807, 2.05) is 53.5 Å². The second-order valence-corrected chi connectivity index (χ2v) is 4.48. The van der Waals surface area contributed by atoms with E-state index >= 15 is 0 Å². The van der Waals surface area contributed by atoms with Gasteiger partial charge in [-0.1, -0.05) is 49.4 Å². The molecule has 0 aromatic heterocycles. The Morgan fingerprint density at radius 3 is 2.67 bits per heavy atom. The third-order valence-electron chi connectivity index (χ3n) is 3.08. The molecule has 1 aliphatic carbocycles. The van der Waals surface area contributed by atoms with Gasteiger partial charge in [0.1, 0.15) is 0 Å². The highest BCUT2D eigenvalue weighted by Crippen LogP contribution is 2.21. The molecule has 2 nitrogen and oxygen atoms in total. The van der Waals surface area contributed by atoms with Gasteiger partial charge in [0, 0.05) is 12.2 Å². The van der Waals surface area contributed by atoms with Crippen molar-refractivity contribution in [3.05, 3.63) is 54.6 Å². The molecule has 2 rings (SSSR count). The molecule has 1 aromatic rings. The fourth-order valence-corrected chi connectivity index (χ4v) is 2.16. The van der Waals surface area contributed by atoms with Crippen LogP contribution in [-0.2, 0) is 4.79 Å². The molecule has 0 aliphatic heterocycles. The highest BCUT2D eigenvalue weighted by molar-refractivity contribution is 5.96. The summed E-state index contributed by atoms with van der Waals surface area (Å²) < 4.78 is 0. The lowest BCUT2D eigenvalue weighted by molar-refractivity contribution is -0.121. The number of para-hydroxylation sites is 1. The Labute approximate surface area is 109 Å². The molecule has 1 amide bonds. The number of hydrogen-bond donors (Lipinski definition) is 0. The Morgan fingerprint density at radius 1 is 1.28 bits per heavy atom. The summed E-state index contributed by atoms with van der Waals surface area (Å²) in [5.74, 6) is 0.186. The van der Waals surface area contributed by atoms with Crippen molar-refractivity contribution >= 4 is 11.6 Å². The van der Waals surface area contributed by atoms with Crippen LogP contribution in [0.15, 0.2) is 54.6 Å². The van der Waals surface area contributed by atoms with Crippen molar-refractivity contribution < 1.29 is 4.79 Å². The maximum atomic E-state index is 12.5. The number of carbonyl (C=O) groups is 1. The summed E-state index contributed by atoms with van der Waals surface area (Å²) in [7, 11) is 0. The number of anilines is 1. The van der Waals surface area contributed by atoms with Crippen LogP contribution in [0.5, 0.6) is 0 Å². The lowest BCUT2D eigenvalue weighted by atomic mass is 9.99. The first-order valence-corrected chi connectivity index (χ1v) is 6.52. The molecule has 0 saturated carbocycles. The van der Waals surface area contributed by atoms with E-state index in [9.17, 15) is 4.79 Å². The average molecular weight is 241 g/mol. The van der Waals surface area contributed by atoms with E-state index in [0.717, 1.165) is 25.1 Å². The van der Waals surface area contributed by atoms with Crippen LogP contribution < -0.4 is 4.90 Å². The number of carbonyl (C=O) groups excluding carboxylic acids is 1. The van der Waals surface area contributed by atoms with Crippen LogP contribution >= 0.6 is 0 Å². The molecule has 1 aliphatic rings. The molecule has 0 N–H and O–H groups in total. The molecule has 0 fully saturated rings. The van der Waals surface area contributed by atoms with Crippen molar-refractivity contribution in [3.8, 4) is 0 Å². The number of benzene rings is 1. The molecule has 1 aromatic carbocycles. The van der Waals surface area contributed by atoms with Crippen molar-refractivity contribution in [2.75, 3.05) is 11.4 Å². The normalized spacial score (nSPS) is 17.7. The number of nitrogens with zero attached hydrogens (tertiary/aromatic N) is 1. The topological polar surface area (TPSA) is 20.3 Å². The van der Waals surface area contributed by atoms with Gasteiger partial charge in [0.05, 0.1) is 5.92 Å². The minimum atomic E-state index is -0.0123. The largest absolute Gasteiger partial charge is 0.312 e. The third kappa shape index (κ3) is 2.89. The van der Waals surface area contributed by atoms with Gasteiger partial charge < -0.3 is 4.90 Å². The zero-order chi connectivity index (χ0) is 12.8. The smallest absolute Gasteiger partial charge is 0.234 e. The predicted molar refractivity (Wildman–Crippen MR) is 75.5 cm³/mol. The lowest BCUT2D eigenvalue weighted by Crippen LogP contribution is -2.36. The molecule has 0 radical (unpaired) electrons. The number of allylic oxidation sites excluding steroid dienone is 3. The van der Waals surface area contributed by atoms with Crippen molar-refractivity contribution in [3.63, 3.8) is 0 Å². The van der Waals surface area contributed by atoms with Gasteiger partial charge in [0.15, 0.2) is 0 Å². The first kappa shape index (κ1) is 12.6. The van der Waals surface area contributed by atoms with Gasteiger partial charge in [0.2, 0.25) is 5.91 Å². The first-order chi connectivity index (χ1) is 8.83. The van der Waals surface area contributed by atoms with E-state index in [4.69, 9.17) is 0 Å². The van der Waals surface area contributed by atoms with Crippen molar-refractivity contribution in [2.24, 2.45) is 5.92 Å². The van der Waals surface area contributed by atoms with Crippen LogP contribution in [0, 0.1) is 5.92 Å². The predicted octanol–water partition coefficient (Wildman–Crippen LogP) is 3.56. The zero-order valence-electron chi connectivity index (χ0n) is 10.8. The second kappa shape index (κ2) is 6.20. The summed E-state index contributed by atoms with van der Waals surface area (Å²) in [4.78, 5) is 14.4. The van der Waals surface area contributed by atoms with E-state index in [-0.39, 0.29) is 11.8 Å². The van der Waals surface area contributed by atoms with Crippen molar-refractivity contribution in [2.45, 2.75) is 19.8 Å². The van der Waals surface area contributed by atoms with Gasteiger partial charge in [0.25, 0.3) is 0 Å². The Balaban J connectivity index is 2.17. The van der Waals surface area contributed by atoms with Crippen LogP contribution in [0.4, 0.5) is 5.69 Å². The van der Waals surface area contributed by atoms with E-state index in [2.05, 4.69) is 13.0 Å². The van der Waals surface area contributed by atoms with Crippen LogP contribution in [0.25, 0.3) is 0 Å². The highest BCUT2D eigenvalue weighted by Gasteiger charge is 2.22. The quantitative estimate of drug-likeness (QED) is 0.789. The SMILES string of the molecule is CCCN(C(=O)C1C=CC=CC1)c1ccccc1. The van der Waals surface area contributed by atoms with E-state index in [1.54, 1.807) is 0 Å². The molecule has 2 heteroatoms. The molecule has 0 heterocycles. The van der Waals surface area contributed by atoms with Crippen LogP contribution in [0.2, 0.25) is 0 Å². The minimum Gasteiger partial charge on any atom is -0.312 e. The summed E-state index contributed by atoms with van der Waals surface area (Å²) in [6.07, 6.45) is 9.78. The van der Waals surface area contributed by atoms with E-state index < -0.39 is 0 Å². The monoisotopic (exact) mass is 241 g/mol. The summed E-state index contributed by atoms with van der Waals surface area (Å²) in [5.41, 5.74) is 0.993. The minimum absolute atomic E-state index is 0.0123. The van der Waals surface area contributed by atoms with Gasteiger partial charge in [-0.05, 0) is 25.0 Å². The van der Waals surface area contributed by atoms with Crippen molar-refractivity contribution in [1.82, 2.24) is 0 Å². The van der Waals surface area contributed by atoms with Gasteiger partial charge in [-0.3, -0.25) is 4.79 Å². The standard InChI is InChI=1S/C16H19NO/c1-2-13-17(15-11-7-4-8-12-15)16(18)14-9-5-3-6-10-14/h3-9,11-12,14H,2,10,13H2,1H3. The summed E-state index contributed by atoms with van der Waals surface area (Å²) >= 11 is 0. The maximum absolute atomic E-state index is 12.5. The summed E-state index contributed by atoms with van der Waals surface area (Å²) in [5, 5.41) is 0. The molecule has 94 valence electrons. The first-order valence-electron chi connectivity index (χ1n) is 6.52. The maximum Gasteiger partial charge on any atom is 0.234 e. The van der Waals surface area contributed by atoms with Crippen LogP contribution in [-0.4, -0.2) is 12.5 Å². The lowest BCUT2D eigenvalue weighted by Gasteiger charge is -2.26. The van der Waals surface area contributed by atoms with E-state index in [0.29, 0.717) is 0 Å². The molecule has 0 saturated heterocycles. The molecule has 0 spiro atoms. The van der Waals surface area contributed by atoms with E-state index in [1.165, 1.54) is 0 Å². The molecular formula is C16H19NO. The van der Waals surface area contributed by atoms with Crippen LogP contribution in [0.1, 0.15) is 19.8 Å².